The first-order valence-corrected chi connectivity index (χ1v) is 8.76. The molecule has 0 saturated heterocycles. The molecule has 4 aromatic rings. The molecule has 1 N–H and O–H groups in total. The number of benzene rings is 4. The third kappa shape index (κ3) is 3.61. The standard InChI is InChI=1S/C25H19N/c1-3-10-20(11-4-1)18-19-25(26-22-14-5-2-6-15-22)24-17-9-13-21-12-7-8-16-23(21)24/h1-17,25-26H. The molecule has 1 unspecified atom stereocenters. The van der Waals surface area contributed by atoms with Crippen LogP contribution >= 0.6 is 0 Å². The van der Waals surface area contributed by atoms with Gasteiger partial charge in [-0.2, -0.15) is 0 Å². The Morgan fingerprint density at radius 3 is 2.08 bits per heavy atom. The predicted molar refractivity (Wildman–Crippen MR) is 110 cm³/mol. The summed E-state index contributed by atoms with van der Waals surface area (Å²) in [5.74, 6) is 6.75. The molecule has 4 aromatic carbocycles. The Kier molecular flexibility index (Phi) is 4.67. The van der Waals surface area contributed by atoms with E-state index >= 15 is 0 Å². The second-order valence-corrected chi connectivity index (χ2v) is 6.15. The molecule has 0 saturated carbocycles. The zero-order valence-electron chi connectivity index (χ0n) is 14.4. The van der Waals surface area contributed by atoms with Gasteiger partial charge in [0.15, 0.2) is 0 Å². The van der Waals surface area contributed by atoms with Gasteiger partial charge in [0.1, 0.15) is 6.04 Å². The molecule has 0 amide bonds. The van der Waals surface area contributed by atoms with Gasteiger partial charge in [-0.05, 0) is 40.6 Å². The Morgan fingerprint density at radius 1 is 0.615 bits per heavy atom. The monoisotopic (exact) mass is 333 g/mol. The molecule has 0 bridgehead atoms. The van der Waals surface area contributed by atoms with E-state index in [1.807, 2.05) is 48.5 Å². The van der Waals surface area contributed by atoms with Crippen molar-refractivity contribution < 1.29 is 0 Å². The van der Waals surface area contributed by atoms with E-state index in [0.29, 0.717) is 0 Å². The molecule has 0 spiro atoms. The number of rotatable bonds is 3. The minimum atomic E-state index is -0.0938. The van der Waals surface area contributed by atoms with Crippen LogP contribution in [0.5, 0.6) is 0 Å². The van der Waals surface area contributed by atoms with Crippen molar-refractivity contribution in [2.24, 2.45) is 0 Å². The number of hydrogen-bond donors (Lipinski definition) is 1. The molecule has 0 radical (unpaired) electrons. The van der Waals surface area contributed by atoms with Gasteiger partial charge in [-0.15, -0.1) is 0 Å². The number of anilines is 1. The molecule has 1 nitrogen and oxygen atoms in total. The van der Waals surface area contributed by atoms with Crippen LogP contribution in [0.25, 0.3) is 10.8 Å². The SMILES string of the molecule is C(#CC(Nc1ccccc1)c1cccc2ccccc12)c1ccccc1. The molecule has 1 heteroatoms. The van der Waals surface area contributed by atoms with Crippen LogP contribution in [0.2, 0.25) is 0 Å². The van der Waals surface area contributed by atoms with Gasteiger partial charge in [0.2, 0.25) is 0 Å². The summed E-state index contributed by atoms with van der Waals surface area (Å²) in [6.45, 7) is 0. The van der Waals surface area contributed by atoms with E-state index in [4.69, 9.17) is 0 Å². The first-order valence-electron chi connectivity index (χ1n) is 8.76. The number of hydrogen-bond acceptors (Lipinski definition) is 1. The van der Waals surface area contributed by atoms with Gasteiger partial charge in [0.25, 0.3) is 0 Å². The summed E-state index contributed by atoms with van der Waals surface area (Å²) in [7, 11) is 0. The van der Waals surface area contributed by atoms with Crippen LogP contribution in [0.3, 0.4) is 0 Å². The zero-order valence-corrected chi connectivity index (χ0v) is 14.4. The number of nitrogens with one attached hydrogen (secondary N) is 1. The van der Waals surface area contributed by atoms with E-state index in [2.05, 4.69) is 71.8 Å². The molecule has 0 aromatic heterocycles. The highest BCUT2D eigenvalue weighted by Gasteiger charge is 2.11. The second-order valence-electron chi connectivity index (χ2n) is 6.15. The van der Waals surface area contributed by atoms with Crippen molar-refractivity contribution in [2.45, 2.75) is 6.04 Å². The third-order valence-electron chi connectivity index (χ3n) is 4.35. The van der Waals surface area contributed by atoms with Crippen molar-refractivity contribution >= 4 is 16.5 Å². The van der Waals surface area contributed by atoms with Crippen LogP contribution in [0.15, 0.2) is 103 Å². The van der Waals surface area contributed by atoms with Gasteiger partial charge in [-0.25, -0.2) is 0 Å². The molecule has 1 atom stereocenters. The first kappa shape index (κ1) is 16.0. The van der Waals surface area contributed by atoms with Crippen molar-refractivity contribution in [3.8, 4) is 11.8 Å². The summed E-state index contributed by atoms with van der Waals surface area (Å²) in [6.07, 6.45) is 0. The molecule has 26 heavy (non-hydrogen) atoms. The van der Waals surface area contributed by atoms with Gasteiger partial charge in [-0.1, -0.05) is 90.7 Å². The van der Waals surface area contributed by atoms with E-state index in [1.54, 1.807) is 0 Å². The van der Waals surface area contributed by atoms with Gasteiger partial charge in [0.05, 0.1) is 0 Å². The van der Waals surface area contributed by atoms with Crippen LogP contribution in [0, 0.1) is 11.8 Å². The van der Waals surface area contributed by atoms with Crippen molar-refractivity contribution in [2.75, 3.05) is 5.32 Å². The summed E-state index contributed by atoms with van der Waals surface area (Å²) >= 11 is 0. The van der Waals surface area contributed by atoms with Crippen molar-refractivity contribution in [1.82, 2.24) is 0 Å². The van der Waals surface area contributed by atoms with Gasteiger partial charge in [0, 0.05) is 11.3 Å². The number of para-hydroxylation sites is 1. The number of fused-ring (bicyclic) bond motifs is 1. The molecule has 0 aliphatic rings. The Labute approximate surface area is 154 Å². The molecule has 0 aliphatic carbocycles. The predicted octanol–water partition coefficient (Wildman–Crippen LogP) is 6.04. The fourth-order valence-electron chi connectivity index (χ4n) is 3.07. The fraction of sp³-hybridized carbons (Fsp3) is 0.0400. The lowest BCUT2D eigenvalue weighted by molar-refractivity contribution is 1.03. The molecule has 0 heterocycles. The highest BCUT2D eigenvalue weighted by molar-refractivity contribution is 5.87. The summed E-state index contributed by atoms with van der Waals surface area (Å²) < 4.78 is 0. The average molecular weight is 333 g/mol. The average Bonchev–Trinajstić information content (AvgIpc) is 2.72. The molecule has 0 aliphatic heterocycles. The zero-order chi connectivity index (χ0) is 17.6. The largest absolute Gasteiger partial charge is 0.368 e. The van der Waals surface area contributed by atoms with Crippen LogP contribution in [0.1, 0.15) is 17.2 Å². The highest BCUT2D eigenvalue weighted by atomic mass is 14.9. The van der Waals surface area contributed by atoms with E-state index in [0.717, 1.165) is 11.3 Å². The van der Waals surface area contributed by atoms with E-state index in [1.165, 1.54) is 16.3 Å². The lowest BCUT2D eigenvalue weighted by atomic mass is 9.98. The topological polar surface area (TPSA) is 12.0 Å². The first-order chi connectivity index (χ1) is 12.9. The minimum Gasteiger partial charge on any atom is -0.368 e. The summed E-state index contributed by atoms with van der Waals surface area (Å²) in [5.41, 5.74) is 3.27. The molecular formula is C25H19N. The minimum absolute atomic E-state index is 0.0938. The van der Waals surface area contributed by atoms with Crippen molar-refractivity contribution in [1.29, 1.82) is 0 Å². The van der Waals surface area contributed by atoms with Crippen molar-refractivity contribution in [3.05, 3.63) is 114 Å². The second kappa shape index (κ2) is 7.59. The summed E-state index contributed by atoms with van der Waals surface area (Å²) in [6, 6.07) is 35.1. The van der Waals surface area contributed by atoms with E-state index in [9.17, 15) is 0 Å². The van der Waals surface area contributed by atoms with Crippen molar-refractivity contribution in [3.63, 3.8) is 0 Å². The Bertz CT molecular complexity index is 1050. The highest BCUT2D eigenvalue weighted by Crippen LogP contribution is 2.27. The van der Waals surface area contributed by atoms with Crippen LogP contribution in [-0.4, -0.2) is 0 Å². The Hall–Kier alpha value is -3.50. The maximum Gasteiger partial charge on any atom is 0.114 e. The normalized spacial score (nSPS) is 11.4. The van der Waals surface area contributed by atoms with Crippen LogP contribution in [0.4, 0.5) is 5.69 Å². The molecule has 0 fully saturated rings. The smallest absolute Gasteiger partial charge is 0.114 e. The molecule has 124 valence electrons. The maximum atomic E-state index is 3.58. The lowest BCUT2D eigenvalue weighted by Crippen LogP contribution is -2.09. The third-order valence-corrected chi connectivity index (χ3v) is 4.35. The van der Waals surface area contributed by atoms with Gasteiger partial charge < -0.3 is 5.32 Å². The van der Waals surface area contributed by atoms with Gasteiger partial charge >= 0.3 is 0 Å². The fourth-order valence-corrected chi connectivity index (χ4v) is 3.07. The summed E-state index contributed by atoms with van der Waals surface area (Å²) in [5, 5.41) is 6.04. The lowest BCUT2D eigenvalue weighted by Gasteiger charge is -2.17. The molecule has 4 rings (SSSR count). The maximum absolute atomic E-state index is 3.58. The Balaban J connectivity index is 1.78. The quantitative estimate of drug-likeness (QED) is 0.450. The van der Waals surface area contributed by atoms with E-state index < -0.39 is 0 Å². The van der Waals surface area contributed by atoms with Gasteiger partial charge in [-0.3, -0.25) is 0 Å². The van der Waals surface area contributed by atoms with Crippen LogP contribution in [-0.2, 0) is 0 Å². The molecular weight excluding hydrogens is 314 g/mol. The Morgan fingerprint density at radius 2 is 1.27 bits per heavy atom. The van der Waals surface area contributed by atoms with Crippen LogP contribution < -0.4 is 5.32 Å². The summed E-state index contributed by atoms with van der Waals surface area (Å²) in [4.78, 5) is 0. The van der Waals surface area contributed by atoms with E-state index in [-0.39, 0.29) is 6.04 Å².